The number of likely N-dealkylation sites (tertiary alicyclic amines) is 1. The molecule has 198 valence electrons. The molecule has 3 aromatic rings. The molecule has 0 spiro atoms. The molecule has 5 rings (SSSR count). The Balaban J connectivity index is 0.00000320. The Hall–Kier alpha value is -2.90. The molecular weight excluding hydrogens is 486 g/mol. The molecule has 0 saturated carbocycles. The van der Waals surface area contributed by atoms with Gasteiger partial charge in [0.05, 0.1) is 17.8 Å². The van der Waals surface area contributed by atoms with Crippen LogP contribution in [0.15, 0.2) is 42.5 Å². The van der Waals surface area contributed by atoms with Gasteiger partial charge >= 0.3 is 5.97 Å². The first-order valence-electron chi connectivity index (χ1n) is 13.2. The molecule has 4 heterocycles. The Morgan fingerprint density at radius 3 is 2.86 bits per heavy atom. The van der Waals surface area contributed by atoms with E-state index in [1.165, 1.54) is 17.7 Å². The number of aromatic nitrogens is 3. The van der Waals surface area contributed by atoms with Gasteiger partial charge in [0.1, 0.15) is 5.82 Å². The number of anilines is 1. The lowest BCUT2D eigenvalue weighted by Crippen LogP contribution is -2.28. The largest absolute Gasteiger partial charge is 0.481 e. The predicted molar refractivity (Wildman–Crippen MR) is 149 cm³/mol. The SMILES string of the molecule is Cc1cc(C)n(-c2cccc(C(CC(=O)O)CN3CC[C@@H](CCc4ccc5c(n4)NCCC5)C3)c2)n1.Cl. The molecule has 2 aliphatic rings. The molecule has 1 saturated heterocycles. The fraction of sp³-hybridized carbons (Fsp3) is 0.483. The van der Waals surface area contributed by atoms with Crippen LogP contribution < -0.4 is 5.32 Å². The van der Waals surface area contributed by atoms with Crippen molar-refractivity contribution in [2.24, 2.45) is 5.92 Å². The lowest BCUT2D eigenvalue weighted by atomic mass is 9.94. The van der Waals surface area contributed by atoms with Crippen molar-refractivity contribution < 1.29 is 9.90 Å². The highest BCUT2D eigenvalue weighted by atomic mass is 35.5. The standard InChI is InChI=1S/C29H37N5O2.ClH/c1-20-15-21(2)34(32-20)27-7-3-5-24(16-27)25(17-28(35)36)19-33-14-12-22(18-33)8-10-26-11-9-23-6-4-13-30-29(23)31-26;/h3,5,7,9,11,15-16,22,25H,4,6,8,10,12-14,17-19H2,1-2H3,(H,30,31)(H,35,36);1H/t22-,25?;/m1./s1. The van der Waals surface area contributed by atoms with E-state index in [-0.39, 0.29) is 24.7 Å². The highest BCUT2D eigenvalue weighted by molar-refractivity contribution is 5.85. The summed E-state index contributed by atoms with van der Waals surface area (Å²) in [6.07, 6.45) is 5.72. The Bertz CT molecular complexity index is 1230. The van der Waals surface area contributed by atoms with E-state index in [0.29, 0.717) is 5.92 Å². The van der Waals surface area contributed by atoms with Crippen LogP contribution in [0.25, 0.3) is 5.69 Å². The Kier molecular flexibility index (Phi) is 8.87. The van der Waals surface area contributed by atoms with Crippen LogP contribution in [0.1, 0.15) is 59.8 Å². The summed E-state index contributed by atoms with van der Waals surface area (Å²) >= 11 is 0. The molecule has 2 atom stereocenters. The second kappa shape index (κ2) is 12.1. The number of nitrogens with zero attached hydrogens (tertiary/aromatic N) is 4. The minimum absolute atomic E-state index is 0. The molecule has 7 nitrogen and oxygen atoms in total. The molecule has 1 fully saturated rings. The summed E-state index contributed by atoms with van der Waals surface area (Å²) in [5, 5.41) is 17.7. The number of carboxylic acids is 1. The molecular formula is C29H38ClN5O2. The zero-order chi connectivity index (χ0) is 25.1. The van der Waals surface area contributed by atoms with Crippen molar-refractivity contribution in [2.75, 3.05) is 31.5 Å². The second-order valence-electron chi connectivity index (χ2n) is 10.5. The van der Waals surface area contributed by atoms with Crippen molar-refractivity contribution in [3.63, 3.8) is 0 Å². The van der Waals surface area contributed by atoms with Crippen molar-refractivity contribution in [1.29, 1.82) is 0 Å². The third-order valence-corrected chi connectivity index (χ3v) is 7.63. The third-order valence-electron chi connectivity index (χ3n) is 7.63. The molecule has 2 aliphatic heterocycles. The molecule has 37 heavy (non-hydrogen) atoms. The molecule has 8 heteroatoms. The van der Waals surface area contributed by atoms with Crippen LogP contribution in [0.5, 0.6) is 0 Å². The number of nitrogens with one attached hydrogen (secondary N) is 1. The van der Waals surface area contributed by atoms with Gasteiger partial charge in [0.25, 0.3) is 0 Å². The number of carboxylic acid groups (broad SMARTS) is 1. The van der Waals surface area contributed by atoms with Crippen LogP contribution in [0.4, 0.5) is 5.82 Å². The number of benzene rings is 1. The number of hydrogen-bond donors (Lipinski definition) is 2. The Labute approximate surface area is 225 Å². The summed E-state index contributed by atoms with van der Waals surface area (Å²) < 4.78 is 1.94. The number of pyridine rings is 1. The third kappa shape index (κ3) is 6.70. The van der Waals surface area contributed by atoms with E-state index < -0.39 is 5.97 Å². The van der Waals surface area contributed by atoms with Crippen LogP contribution in [-0.2, 0) is 17.6 Å². The van der Waals surface area contributed by atoms with Crippen molar-refractivity contribution in [1.82, 2.24) is 19.7 Å². The number of aliphatic carboxylic acids is 1. The van der Waals surface area contributed by atoms with Crippen molar-refractivity contribution >= 4 is 24.2 Å². The number of rotatable bonds is 9. The molecule has 0 radical (unpaired) electrons. The van der Waals surface area contributed by atoms with Crippen LogP contribution in [0.2, 0.25) is 0 Å². The maximum Gasteiger partial charge on any atom is 0.304 e. The van der Waals surface area contributed by atoms with E-state index in [2.05, 4.69) is 45.6 Å². The normalized spacial score (nSPS) is 18.1. The fourth-order valence-corrected chi connectivity index (χ4v) is 5.79. The molecule has 2 aromatic heterocycles. The number of halogens is 1. The highest BCUT2D eigenvalue weighted by Crippen LogP contribution is 2.29. The molecule has 0 bridgehead atoms. The molecule has 1 aromatic carbocycles. The summed E-state index contributed by atoms with van der Waals surface area (Å²) in [5.74, 6) is 0.902. The lowest BCUT2D eigenvalue weighted by molar-refractivity contribution is -0.137. The quantitative estimate of drug-likeness (QED) is 0.402. The monoisotopic (exact) mass is 523 g/mol. The van der Waals surface area contributed by atoms with Crippen molar-refractivity contribution in [3.8, 4) is 5.69 Å². The zero-order valence-corrected chi connectivity index (χ0v) is 22.6. The summed E-state index contributed by atoms with van der Waals surface area (Å²) in [4.78, 5) is 19.1. The van der Waals surface area contributed by atoms with Crippen molar-refractivity contribution in [3.05, 3.63) is 70.7 Å². The van der Waals surface area contributed by atoms with Gasteiger partial charge < -0.3 is 15.3 Å². The van der Waals surface area contributed by atoms with E-state index in [1.54, 1.807) is 0 Å². The van der Waals surface area contributed by atoms with Gasteiger partial charge in [0.2, 0.25) is 0 Å². The fourth-order valence-electron chi connectivity index (χ4n) is 5.79. The lowest BCUT2D eigenvalue weighted by Gasteiger charge is -2.24. The minimum Gasteiger partial charge on any atom is -0.481 e. The summed E-state index contributed by atoms with van der Waals surface area (Å²) in [6, 6.07) is 14.7. The summed E-state index contributed by atoms with van der Waals surface area (Å²) in [6.45, 7) is 7.87. The number of hydrogen-bond acceptors (Lipinski definition) is 5. The number of carbonyl (C=O) groups is 1. The number of aryl methyl sites for hydroxylation is 4. The molecule has 0 aliphatic carbocycles. The van der Waals surface area contributed by atoms with E-state index in [1.807, 2.05) is 30.7 Å². The van der Waals surface area contributed by atoms with Gasteiger partial charge in [-0.05, 0) is 93.8 Å². The van der Waals surface area contributed by atoms with Crippen molar-refractivity contribution in [2.45, 2.75) is 58.3 Å². The van der Waals surface area contributed by atoms with Gasteiger partial charge in [-0.15, -0.1) is 12.4 Å². The van der Waals surface area contributed by atoms with Gasteiger partial charge in [0.15, 0.2) is 0 Å². The smallest absolute Gasteiger partial charge is 0.304 e. The maximum absolute atomic E-state index is 11.7. The summed E-state index contributed by atoms with van der Waals surface area (Å²) in [5.41, 5.74) is 6.61. The van der Waals surface area contributed by atoms with Crippen LogP contribution in [0.3, 0.4) is 0 Å². The van der Waals surface area contributed by atoms with Gasteiger partial charge in [-0.3, -0.25) is 4.79 Å². The van der Waals surface area contributed by atoms with Gasteiger partial charge in [0, 0.05) is 36.9 Å². The van der Waals surface area contributed by atoms with E-state index in [9.17, 15) is 9.90 Å². The number of fused-ring (bicyclic) bond motifs is 1. The van der Waals surface area contributed by atoms with E-state index >= 15 is 0 Å². The molecule has 0 amide bonds. The first kappa shape index (κ1) is 27.1. The van der Waals surface area contributed by atoms with Gasteiger partial charge in [-0.1, -0.05) is 18.2 Å². The molecule has 1 unspecified atom stereocenters. The Morgan fingerprint density at radius 1 is 1.22 bits per heavy atom. The van der Waals surface area contributed by atoms with Crippen LogP contribution in [-0.4, -0.2) is 56.9 Å². The second-order valence-corrected chi connectivity index (χ2v) is 10.5. The average molecular weight is 524 g/mol. The highest BCUT2D eigenvalue weighted by Gasteiger charge is 2.27. The van der Waals surface area contributed by atoms with Gasteiger partial charge in [-0.2, -0.15) is 5.10 Å². The van der Waals surface area contributed by atoms with Gasteiger partial charge in [-0.25, -0.2) is 9.67 Å². The van der Waals surface area contributed by atoms with Crippen LogP contribution in [0, 0.1) is 19.8 Å². The first-order valence-corrected chi connectivity index (χ1v) is 13.2. The zero-order valence-electron chi connectivity index (χ0n) is 21.8. The van der Waals surface area contributed by atoms with Crippen LogP contribution >= 0.6 is 12.4 Å². The molecule has 2 N–H and O–H groups in total. The van der Waals surface area contributed by atoms with E-state index in [0.717, 1.165) is 80.3 Å². The first-order chi connectivity index (χ1) is 17.4. The maximum atomic E-state index is 11.7. The Morgan fingerprint density at radius 2 is 2.08 bits per heavy atom. The predicted octanol–water partition coefficient (Wildman–Crippen LogP) is 5.18. The topological polar surface area (TPSA) is 83.3 Å². The average Bonchev–Trinajstić information content (AvgIpc) is 3.47. The minimum atomic E-state index is -0.751. The summed E-state index contributed by atoms with van der Waals surface area (Å²) in [7, 11) is 0. The van der Waals surface area contributed by atoms with E-state index in [4.69, 9.17) is 4.98 Å².